The van der Waals surface area contributed by atoms with Crippen LogP contribution in [-0.2, 0) is 5.41 Å². The van der Waals surface area contributed by atoms with Crippen LogP contribution in [0.4, 0.5) is 0 Å². The number of phenolic OH excluding ortho intramolecular Hbond substituents is 1. The molecule has 2 aliphatic rings. The Hall–Kier alpha value is -1.22. The molecule has 3 rings (SSSR count). The van der Waals surface area contributed by atoms with Gasteiger partial charge in [0, 0.05) is 17.0 Å². The Morgan fingerprint density at radius 3 is 2.52 bits per heavy atom. The maximum absolute atomic E-state index is 11.0. The lowest BCUT2D eigenvalue weighted by Gasteiger charge is -2.54. The van der Waals surface area contributed by atoms with Crippen LogP contribution in [0.1, 0.15) is 69.6 Å². The minimum Gasteiger partial charge on any atom is -0.504 e. The molecule has 1 saturated carbocycles. The third-order valence-corrected chi connectivity index (χ3v) is 6.79. The summed E-state index contributed by atoms with van der Waals surface area (Å²) in [5.41, 5.74) is 3.77. The van der Waals surface area contributed by atoms with Crippen molar-refractivity contribution in [3.05, 3.63) is 22.8 Å². The molecule has 1 aliphatic heterocycles. The van der Waals surface area contributed by atoms with Crippen molar-refractivity contribution >= 4 is 0 Å². The van der Waals surface area contributed by atoms with E-state index < -0.39 is 0 Å². The molecule has 1 aromatic carbocycles. The van der Waals surface area contributed by atoms with Gasteiger partial charge in [-0.1, -0.05) is 26.7 Å². The summed E-state index contributed by atoms with van der Waals surface area (Å²) in [4.78, 5) is 2.49. The van der Waals surface area contributed by atoms with E-state index in [0.717, 1.165) is 13.0 Å². The molecule has 0 radical (unpaired) electrons. The molecule has 0 amide bonds. The monoisotopic (exact) mass is 347 g/mol. The molecule has 3 atom stereocenters. The topological polar surface area (TPSA) is 32.7 Å². The van der Waals surface area contributed by atoms with Gasteiger partial charge in [-0.2, -0.15) is 0 Å². The fourth-order valence-corrected chi connectivity index (χ4v) is 5.24. The van der Waals surface area contributed by atoms with Crippen molar-refractivity contribution < 1.29 is 9.84 Å². The number of hydrogen-bond acceptors (Lipinski definition) is 3. The average Bonchev–Trinajstić information content (AvgIpc) is 2.63. The molecule has 25 heavy (non-hydrogen) atoms. The minimum atomic E-state index is 0.109. The van der Waals surface area contributed by atoms with Crippen LogP contribution in [0, 0.1) is 19.8 Å². The highest BCUT2D eigenvalue weighted by atomic mass is 16.5. The van der Waals surface area contributed by atoms with Crippen molar-refractivity contribution in [2.24, 2.45) is 5.92 Å². The van der Waals surface area contributed by atoms with E-state index in [9.17, 15) is 5.11 Å². The normalized spacial score (nSPS) is 29.4. The van der Waals surface area contributed by atoms with Gasteiger partial charge in [-0.25, -0.2) is 0 Å². The summed E-state index contributed by atoms with van der Waals surface area (Å²) in [5, 5.41) is 11.0. The molecule has 0 aromatic heterocycles. The maximum Gasteiger partial charge on any atom is 0.161 e. The van der Waals surface area contributed by atoms with E-state index in [4.69, 9.17) is 4.74 Å². The Morgan fingerprint density at radius 1 is 1.20 bits per heavy atom. The fraction of sp³-hybridized carbons (Fsp3) is 0.727. The number of hydrogen-bond donors (Lipinski definition) is 1. The molecule has 3 heteroatoms. The third kappa shape index (κ3) is 3.28. The zero-order valence-electron chi connectivity index (χ0n) is 17.3. The molecule has 1 aliphatic carbocycles. The van der Waals surface area contributed by atoms with Crippen LogP contribution in [0.25, 0.3) is 0 Å². The number of piperidine rings is 1. The summed E-state index contributed by atoms with van der Waals surface area (Å²) in [6.45, 7) is 11.8. The van der Waals surface area contributed by atoms with Crippen molar-refractivity contribution in [3.63, 3.8) is 0 Å². The van der Waals surface area contributed by atoms with Gasteiger partial charge in [0.1, 0.15) is 0 Å². The van der Waals surface area contributed by atoms with Crippen molar-refractivity contribution in [1.82, 2.24) is 4.90 Å². The van der Waals surface area contributed by atoms with Crippen molar-refractivity contribution in [3.8, 4) is 11.5 Å². The molecular weight excluding hydrogens is 310 g/mol. The molecule has 0 spiro atoms. The lowest BCUT2D eigenvalue weighted by atomic mass is 9.56. The molecule has 2 fully saturated rings. The van der Waals surface area contributed by atoms with Gasteiger partial charge >= 0.3 is 0 Å². The highest BCUT2D eigenvalue weighted by Gasteiger charge is 2.50. The SMILES string of the molecule is CC.COc1cc(C)c(C)c(C23CCCCC2C(C)N(C)CC3)c1O. The molecule has 3 unspecified atom stereocenters. The Bertz CT molecular complexity index is 598. The van der Waals surface area contributed by atoms with Gasteiger partial charge in [-0.15, -0.1) is 0 Å². The molecular formula is C22H37NO2. The highest BCUT2D eigenvalue weighted by Crippen LogP contribution is 2.55. The van der Waals surface area contributed by atoms with E-state index in [-0.39, 0.29) is 5.41 Å². The van der Waals surface area contributed by atoms with Gasteiger partial charge in [0.2, 0.25) is 0 Å². The van der Waals surface area contributed by atoms with Gasteiger partial charge in [-0.05, 0) is 76.7 Å². The van der Waals surface area contributed by atoms with E-state index in [1.165, 1.54) is 42.4 Å². The summed E-state index contributed by atoms with van der Waals surface area (Å²) in [5.74, 6) is 1.64. The number of fused-ring (bicyclic) bond motifs is 1. The van der Waals surface area contributed by atoms with E-state index in [1.807, 2.05) is 19.9 Å². The number of likely N-dealkylation sites (tertiary alicyclic amines) is 1. The number of benzene rings is 1. The first-order chi connectivity index (χ1) is 11.9. The predicted molar refractivity (Wildman–Crippen MR) is 106 cm³/mol. The lowest BCUT2D eigenvalue weighted by molar-refractivity contribution is 0.0211. The fourth-order valence-electron chi connectivity index (χ4n) is 5.24. The molecule has 1 aromatic rings. The first kappa shape index (κ1) is 20.1. The number of aromatic hydroxyl groups is 1. The number of rotatable bonds is 2. The molecule has 1 N–H and O–H groups in total. The minimum absolute atomic E-state index is 0.109. The van der Waals surface area contributed by atoms with Crippen LogP contribution in [0.15, 0.2) is 6.07 Å². The quantitative estimate of drug-likeness (QED) is 0.798. The first-order valence-corrected chi connectivity index (χ1v) is 10.00. The molecule has 1 heterocycles. The van der Waals surface area contributed by atoms with Gasteiger partial charge in [0.25, 0.3) is 0 Å². The van der Waals surface area contributed by atoms with E-state index in [2.05, 4.69) is 32.7 Å². The summed E-state index contributed by atoms with van der Waals surface area (Å²) in [6.07, 6.45) is 6.17. The Labute approximate surface area is 154 Å². The molecule has 3 nitrogen and oxygen atoms in total. The number of phenols is 1. The van der Waals surface area contributed by atoms with E-state index in [0.29, 0.717) is 23.5 Å². The molecule has 1 saturated heterocycles. The van der Waals surface area contributed by atoms with Crippen LogP contribution in [0.5, 0.6) is 11.5 Å². The number of aryl methyl sites for hydroxylation is 1. The zero-order chi connectivity index (χ0) is 18.8. The van der Waals surface area contributed by atoms with Gasteiger partial charge in [-0.3, -0.25) is 0 Å². The van der Waals surface area contributed by atoms with Crippen LogP contribution in [0.2, 0.25) is 0 Å². The van der Waals surface area contributed by atoms with Gasteiger partial charge < -0.3 is 14.7 Å². The van der Waals surface area contributed by atoms with Crippen molar-refractivity contribution in [2.45, 2.75) is 78.2 Å². The zero-order valence-corrected chi connectivity index (χ0v) is 17.3. The van der Waals surface area contributed by atoms with Crippen LogP contribution in [0.3, 0.4) is 0 Å². The molecule has 142 valence electrons. The smallest absolute Gasteiger partial charge is 0.161 e. The highest BCUT2D eigenvalue weighted by molar-refractivity contribution is 5.57. The van der Waals surface area contributed by atoms with Crippen molar-refractivity contribution in [1.29, 1.82) is 0 Å². The van der Waals surface area contributed by atoms with Crippen LogP contribution < -0.4 is 4.74 Å². The maximum atomic E-state index is 11.0. The second-order valence-electron chi connectivity index (χ2n) is 7.72. The Kier molecular flexibility index (Phi) is 6.42. The number of ether oxygens (including phenoxy) is 1. The lowest BCUT2D eigenvalue weighted by Crippen LogP contribution is -2.55. The van der Waals surface area contributed by atoms with Gasteiger partial charge in [0.15, 0.2) is 11.5 Å². The average molecular weight is 348 g/mol. The first-order valence-electron chi connectivity index (χ1n) is 10.00. The summed E-state index contributed by atoms with van der Waals surface area (Å²) < 4.78 is 5.48. The van der Waals surface area contributed by atoms with Gasteiger partial charge in [0.05, 0.1) is 7.11 Å². The van der Waals surface area contributed by atoms with E-state index in [1.54, 1.807) is 7.11 Å². The largest absolute Gasteiger partial charge is 0.504 e. The standard InChI is InChI=1S/C20H31NO2.C2H6/c1-13-12-17(23-5)19(22)18(14(13)2)20-9-7-6-8-16(20)15(3)21(4)11-10-20;1-2/h12,15-16,22H,6-11H2,1-5H3;1-2H3. The molecule has 0 bridgehead atoms. The summed E-state index contributed by atoms with van der Waals surface area (Å²) in [7, 11) is 3.90. The summed E-state index contributed by atoms with van der Waals surface area (Å²) in [6, 6.07) is 2.54. The van der Waals surface area contributed by atoms with E-state index >= 15 is 0 Å². The third-order valence-electron chi connectivity index (χ3n) is 6.79. The summed E-state index contributed by atoms with van der Waals surface area (Å²) >= 11 is 0. The van der Waals surface area contributed by atoms with Crippen LogP contribution >= 0.6 is 0 Å². The van der Waals surface area contributed by atoms with Crippen LogP contribution in [-0.4, -0.2) is 36.8 Å². The second kappa shape index (κ2) is 7.99. The second-order valence-corrected chi connectivity index (χ2v) is 7.72. The van der Waals surface area contributed by atoms with Crippen molar-refractivity contribution in [2.75, 3.05) is 20.7 Å². The number of nitrogens with zero attached hydrogens (tertiary/aromatic N) is 1. The predicted octanol–water partition coefficient (Wildman–Crippen LogP) is 5.20. The Morgan fingerprint density at radius 2 is 1.88 bits per heavy atom. The number of methoxy groups -OCH3 is 1. The Balaban J connectivity index is 0.00000109.